The van der Waals surface area contributed by atoms with E-state index in [-0.39, 0.29) is 11.4 Å². The molecule has 1 aromatic heterocycles. The highest BCUT2D eigenvalue weighted by molar-refractivity contribution is 5.98. The van der Waals surface area contributed by atoms with Crippen LogP contribution in [0.15, 0.2) is 48.6 Å². The molecule has 6 heteroatoms. The first-order chi connectivity index (χ1) is 12.6. The van der Waals surface area contributed by atoms with E-state index in [1.165, 1.54) is 6.07 Å². The molecule has 0 atom stereocenters. The van der Waals surface area contributed by atoms with E-state index in [0.29, 0.717) is 13.2 Å². The predicted octanol–water partition coefficient (Wildman–Crippen LogP) is 3.86. The summed E-state index contributed by atoms with van der Waals surface area (Å²) in [6.07, 6.45) is 7.37. The number of carbonyl (C=O) groups is 1. The number of aromatic nitrogens is 1. The lowest BCUT2D eigenvalue weighted by molar-refractivity contribution is 0.0951. The number of allylic oxidation sites excluding steroid dienone is 1. The minimum Gasteiger partial charge on any atom is -0.493 e. The van der Waals surface area contributed by atoms with Gasteiger partial charge in [0.15, 0.2) is 0 Å². The maximum atomic E-state index is 13.0. The van der Waals surface area contributed by atoms with Gasteiger partial charge in [-0.2, -0.15) is 4.39 Å². The van der Waals surface area contributed by atoms with Gasteiger partial charge in [0.1, 0.15) is 11.6 Å². The van der Waals surface area contributed by atoms with Crippen LogP contribution in [0.2, 0.25) is 0 Å². The van der Waals surface area contributed by atoms with Gasteiger partial charge < -0.3 is 15.8 Å². The van der Waals surface area contributed by atoms with Crippen molar-refractivity contribution in [2.45, 2.75) is 32.7 Å². The van der Waals surface area contributed by atoms with Crippen molar-refractivity contribution in [1.82, 2.24) is 10.3 Å². The molecule has 0 spiro atoms. The lowest BCUT2D eigenvalue weighted by atomic mass is 10.2. The number of anilines is 1. The normalized spacial score (nSPS) is 10.8. The van der Waals surface area contributed by atoms with E-state index in [0.717, 1.165) is 36.6 Å². The number of amides is 1. The topological polar surface area (TPSA) is 77.2 Å². The number of pyridine rings is 1. The van der Waals surface area contributed by atoms with Crippen LogP contribution in [0.25, 0.3) is 0 Å². The predicted molar refractivity (Wildman–Crippen MR) is 100 cm³/mol. The number of nitrogens with zero attached hydrogens (tertiary/aromatic N) is 1. The minimum absolute atomic E-state index is 0.129. The fraction of sp³-hybridized carbons (Fsp3) is 0.300. The van der Waals surface area contributed by atoms with E-state index < -0.39 is 11.9 Å². The SMILES string of the molecule is CCC/C=C/CCOc1cccc(CNC(=O)c2ccc(F)nc2N)c1. The molecule has 0 fully saturated rings. The number of rotatable bonds is 9. The summed E-state index contributed by atoms with van der Waals surface area (Å²) in [7, 11) is 0. The Labute approximate surface area is 153 Å². The lowest BCUT2D eigenvalue weighted by Gasteiger charge is -2.09. The van der Waals surface area contributed by atoms with Crippen LogP contribution in [0, 0.1) is 5.95 Å². The maximum Gasteiger partial charge on any atom is 0.255 e. The first-order valence-corrected chi connectivity index (χ1v) is 8.67. The molecule has 0 aliphatic rings. The molecule has 1 aromatic carbocycles. The molecular weight excluding hydrogens is 333 g/mol. The molecule has 0 unspecified atom stereocenters. The van der Waals surface area contributed by atoms with E-state index in [2.05, 4.69) is 29.4 Å². The Balaban J connectivity index is 1.85. The molecule has 138 valence electrons. The number of halogens is 1. The zero-order chi connectivity index (χ0) is 18.8. The van der Waals surface area contributed by atoms with Crippen LogP contribution in [-0.2, 0) is 6.54 Å². The molecular formula is C20H24FN3O2. The third kappa shape index (κ3) is 6.20. The van der Waals surface area contributed by atoms with Crippen molar-refractivity contribution in [2.24, 2.45) is 0 Å². The molecule has 1 heterocycles. The van der Waals surface area contributed by atoms with Crippen LogP contribution in [0.5, 0.6) is 5.75 Å². The number of hydrogen-bond acceptors (Lipinski definition) is 4. The summed E-state index contributed by atoms with van der Waals surface area (Å²) in [5.74, 6) is -0.491. The second-order valence-electron chi connectivity index (χ2n) is 5.79. The summed E-state index contributed by atoms with van der Waals surface area (Å²) in [6, 6.07) is 9.94. The molecule has 1 amide bonds. The summed E-state index contributed by atoms with van der Waals surface area (Å²) >= 11 is 0. The summed E-state index contributed by atoms with van der Waals surface area (Å²) < 4.78 is 18.7. The monoisotopic (exact) mass is 357 g/mol. The smallest absolute Gasteiger partial charge is 0.255 e. The molecule has 2 aromatic rings. The van der Waals surface area contributed by atoms with E-state index >= 15 is 0 Å². The molecule has 0 bridgehead atoms. The Kier molecular flexibility index (Phi) is 7.61. The number of carbonyl (C=O) groups excluding carboxylic acids is 1. The van der Waals surface area contributed by atoms with Crippen molar-refractivity contribution >= 4 is 11.7 Å². The van der Waals surface area contributed by atoms with E-state index in [9.17, 15) is 9.18 Å². The van der Waals surface area contributed by atoms with Gasteiger partial charge in [-0.3, -0.25) is 4.79 Å². The number of nitrogen functional groups attached to an aromatic ring is 1. The number of benzene rings is 1. The lowest BCUT2D eigenvalue weighted by Crippen LogP contribution is -2.24. The second-order valence-corrected chi connectivity index (χ2v) is 5.79. The first kappa shape index (κ1) is 19.4. The van der Waals surface area contributed by atoms with Gasteiger partial charge in [0.25, 0.3) is 5.91 Å². The fourth-order valence-corrected chi connectivity index (χ4v) is 2.31. The van der Waals surface area contributed by atoms with Gasteiger partial charge in [0.05, 0.1) is 12.2 Å². The summed E-state index contributed by atoms with van der Waals surface area (Å²) in [6.45, 7) is 3.06. The molecule has 0 saturated carbocycles. The number of nitrogens with two attached hydrogens (primary N) is 1. The Bertz CT molecular complexity index is 762. The zero-order valence-electron chi connectivity index (χ0n) is 14.9. The highest BCUT2D eigenvalue weighted by Crippen LogP contribution is 2.14. The summed E-state index contributed by atoms with van der Waals surface area (Å²) in [5.41, 5.74) is 6.62. The van der Waals surface area contributed by atoms with Gasteiger partial charge in [0, 0.05) is 6.54 Å². The molecule has 3 N–H and O–H groups in total. The molecule has 2 rings (SSSR count). The molecule has 0 aliphatic carbocycles. The van der Waals surface area contributed by atoms with Crippen LogP contribution in [0.1, 0.15) is 42.1 Å². The van der Waals surface area contributed by atoms with Crippen LogP contribution in [0.3, 0.4) is 0 Å². The number of ether oxygens (including phenoxy) is 1. The third-order valence-electron chi connectivity index (χ3n) is 3.66. The van der Waals surface area contributed by atoms with Gasteiger partial charge in [-0.25, -0.2) is 4.98 Å². The third-order valence-corrected chi connectivity index (χ3v) is 3.66. The van der Waals surface area contributed by atoms with Gasteiger partial charge in [-0.1, -0.05) is 37.6 Å². The van der Waals surface area contributed by atoms with Gasteiger partial charge >= 0.3 is 0 Å². The number of nitrogens with one attached hydrogen (secondary N) is 1. The summed E-state index contributed by atoms with van der Waals surface area (Å²) in [5, 5.41) is 2.75. The Morgan fingerprint density at radius 2 is 2.08 bits per heavy atom. The van der Waals surface area contributed by atoms with Crippen molar-refractivity contribution in [3.63, 3.8) is 0 Å². The largest absolute Gasteiger partial charge is 0.493 e. The fourth-order valence-electron chi connectivity index (χ4n) is 2.31. The molecule has 0 saturated heterocycles. The molecule has 26 heavy (non-hydrogen) atoms. The summed E-state index contributed by atoms with van der Waals surface area (Å²) in [4.78, 5) is 15.6. The second kappa shape index (κ2) is 10.2. The van der Waals surface area contributed by atoms with Crippen LogP contribution in [0.4, 0.5) is 10.2 Å². The van der Waals surface area contributed by atoms with Crippen molar-refractivity contribution in [3.8, 4) is 5.75 Å². The quantitative estimate of drug-likeness (QED) is 0.406. The Morgan fingerprint density at radius 1 is 1.27 bits per heavy atom. The van der Waals surface area contributed by atoms with Crippen LogP contribution < -0.4 is 15.8 Å². The van der Waals surface area contributed by atoms with Gasteiger partial charge in [-0.05, 0) is 42.7 Å². The van der Waals surface area contributed by atoms with Crippen molar-refractivity contribution < 1.29 is 13.9 Å². The van der Waals surface area contributed by atoms with Crippen molar-refractivity contribution in [1.29, 1.82) is 0 Å². The zero-order valence-corrected chi connectivity index (χ0v) is 14.9. The van der Waals surface area contributed by atoms with Crippen LogP contribution in [-0.4, -0.2) is 17.5 Å². The molecule has 0 aliphatic heterocycles. The average Bonchev–Trinajstić information content (AvgIpc) is 2.63. The minimum atomic E-state index is -0.714. The maximum absolute atomic E-state index is 13.0. The first-order valence-electron chi connectivity index (χ1n) is 8.67. The van der Waals surface area contributed by atoms with Gasteiger partial charge in [0.2, 0.25) is 5.95 Å². The van der Waals surface area contributed by atoms with Gasteiger partial charge in [-0.15, -0.1) is 0 Å². The van der Waals surface area contributed by atoms with Crippen molar-refractivity contribution in [2.75, 3.05) is 12.3 Å². The highest BCUT2D eigenvalue weighted by Gasteiger charge is 2.11. The molecule has 0 radical (unpaired) electrons. The Hall–Kier alpha value is -2.89. The molecule has 5 nitrogen and oxygen atoms in total. The van der Waals surface area contributed by atoms with E-state index in [4.69, 9.17) is 10.5 Å². The number of unbranched alkanes of at least 4 members (excludes halogenated alkanes) is 1. The van der Waals surface area contributed by atoms with E-state index in [1.54, 1.807) is 0 Å². The highest BCUT2D eigenvalue weighted by atomic mass is 19.1. The number of hydrogen-bond donors (Lipinski definition) is 2. The van der Waals surface area contributed by atoms with Crippen molar-refractivity contribution in [3.05, 3.63) is 65.6 Å². The Morgan fingerprint density at radius 3 is 2.85 bits per heavy atom. The van der Waals surface area contributed by atoms with Crippen LogP contribution >= 0.6 is 0 Å². The average molecular weight is 357 g/mol. The standard InChI is InChI=1S/C20H24FN3O2/c1-2-3-4-5-6-12-26-16-9-7-8-15(13-16)14-23-20(25)17-10-11-18(21)24-19(17)22/h4-5,7-11,13H,2-3,6,12,14H2,1H3,(H2,22,24)(H,23,25)/b5-4+. The van der Waals surface area contributed by atoms with E-state index in [1.807, 2.05) is 24.3 Å².